The summed E-state index contributed by atoms with van der Waals surface area (Å²) < 4.78 is 5.88. The van der Waals surface area contributed by atoms with Crippen molar-refractivity contribution in [1.82, 2.24) is 4.90 Å². The lowest BCUT2D eigenvalue weighted by molar-refractivity contribution is -0.134. The Morgan fingerprint density at radius 2 is 2.10 bits per heavy atom. The van der Waals surface area contributed by atoms with E-state index < -0.39 is 5.54 Å². The standard InChI is InChI=1S/C16H29N3O2/c1-4-12(2)21-11-16(10-13-8-6-5-7-9-13)14(20)19(3)15(17)18-16/h12-13H,4-11H2,1-3H3,(H2,17,18)/t12-,16?/m0/s1. The van der Waals surface area contributed by atoms with Crippen LogP contribution >= 0.6 is 0 Å². The van der Waals surface area contributed by atoms with E-state index in [4.69, 9.17) is 10.5 Å². The first-order valence-electron chi connectivity index (χ1n) is 8.23. The van der Waals surface area contributed by atoms with Gasteiger partial charge in [0.25, 0.3) is 5.91 Å². The van der Waals surface area contributed by atoms with Crippen molar-refractivity contribution in [3.63, 3.8) is 0 Å². The van der Waals surface area contributed by atoms with Crippen molar-refractivity contribution < 1.29 is 9.53 Å². The second kappa shape index (κ2) is 6.77. The van der Waals surface area contributed by atoms with Crippen LogP contribution in [0.15, 0.2) is 4.99 Å². The highest BCUT2D eigenvalue weighted by molar-refractivity contribution is 6.06. The average molecular weight is 295 g/mol. The Kier molecular flexibility index (Phi) is 5.25. The van der Waals surface area contributed by atoms with Gasteiger partial charge in [0.05, 0.1) is 12.7 Å². The molecule has 0 bridgehead atoms. The van der Waals surface area contributed by atoms with Crippen LogP contribution in [0.5, 0.6) is 0 Å². The van der Waals surface area contributed by atoms with Crippen LogP contribution in [0.4, 0.5) is 0 Å². The number of guanidine groups is 1. The molecular weight excluding hydrogens is 266 g/mol. The molecule has 1 aliphatic carbocycles. The van der Waals surface area contributed by atoms with E-state index in [1.165, 1.54) is 37.0 Å². The van der Waals surface area contributed by atoms with Crippen molar-refractivity contribution in [2.75, 3.05) is 13.7 Å². The second-order valence-corrected chi connectivity index (χ2v) is 6.60. The zero-order valence-corrected chi connectivity index (χ0v) is 13.6. The number of hydrogen-bond donors (Lipinski definition) is 1. The Morgan fingerprint density at radius 3 is 2.62 bits per heavy atom. The van der Waals surface area contributed by atoms with E-state index in [2.05, 4.69) is 11.9 Å². The number of carbonyl (C=O) groups excluding carboxylic acids is 1. The van der Waals surface area contributed by atoms with Crippen molar-refractivity contribution in [1.29, 1.82) is 0 Å². The third kappa shape index (κ3) is 3.57. The molecule has 21 heavy (non-hydrogen) atoms. The Bertz CT molecular complexity index is 404. The van der Waals surface area contributed by atoms with E-state index in [-0.39, 0.29) is 12.0 Å². The van der Waals surface area contributed by atoms with Crippen molar-refractivity contribution in [3.05, 3.63) is 0 Å². The molecular formula is C16H29N3O2. The first-order valence-corrected chi connectivity index (χ1v) is 8.23. The van der Waals surface area contributed by atoms with Gasteiger partial charge in [0, 0.05) is 7.05 Å². The van der Waals surface area contributed by atoms with Gasteiger partial charge in [-0.2, -0.15) is 0 Å². The minimum atomic E-state index is -0.787. The van der Waals surface area contributed by atoms with Crippen LogP contribution < -0.4 is 5.73 Å². The number of nitrogens with zero attached hydrogens (tertiary/aromatic N) is 2. The summed E-state index contributed by atoms with van der Waals surface area (Å²) in [6.07, 6.45) is 8.06. The van der Waals surface area contributed by atoms with Crippen LogP contribution in [0, 0.1) is 5.92 Å². The first kappa shape index (κ1) is 16.3. The van der Waals surface area contributed by atoms with Crippen molar-refractivity contribution in [2.24, 2.45) is 16.6 Å². The molecule has 2 rings (SSSR count). The number of aliphatic imine (C=N–C) groups is 1. The lowest BCUT2D eigenvalue weighted by Gasteiger charge is -2.31. The highest BCUT2D eigenvalue weighted by atomic mass is 16.5. The Labute approximate surface area is 127 Å². The van der Waals surface area contributed by atoms with Crippen molar-refractivity contribution >= 4 is 11.9 Å². The molecule has 1 saturated carbocycles. The number of amides is 1. The molecule has 1 amide bonds. The molecule has 120 valence electrons. The molecule has 2 N–H and O–H groups in total. The minimum Gasteiger partial charge on any atom is -0.375 e. The summed E-state index contributed by atoms with van der Waals surface area (Å²) in [5, 5.41) is 0. The summed E-state index contributed by atoms with van der Waals surface area (Å²) >= 11 is 0. The molecule has 2 aliphatic rings. The maximum Gasteiger partial charge on any atom is 0.259 e. The summed E-state index contributed by atoms with van der Waals surface area (Å²) in [6.45, 7) is 4.46. The minimum absolute atomic E-state index is 0.00567. The fourth-order valence-corrected chi connectivity index (χ4v) is 3.31. The molecule has 0 aromatic heterocycles. The maximum atomic E-state index is 12.7. The fraction of sp³-hybridized carbons (Fsp3) is 0.875. The van der Waals surface area contributed by atoms with Crippen LogP contribution in [0.25, 0.3) is 0 Å². The van der Waals surface area contributed by atoms with Crippen molar-refractivity contribution in [2.45, 2.75) is 70.4 Å². The Balaban J connectivity index is 2.12. The zero-order chi connectivity index (χ0) is 15.5. The smallest absolute Gasteiger partial charge is 0.259 e. The van der Waals surface area contributed by atoms with Gasteiger partial charge in [0.1, 0.15) is 0 Å². The van der Waals surface area contributed by atoms with Gasteiger partial charge < -0.3 is 10.5 Å². The monoisotopic (exact) mass is 295 g/mol. The molecule has 0 radical (unpaired) electrons. The van der Waals surface area contributed by atoms with Crippen LogP contribution in [-0.2, 0) is 9.53 Å². The van der Waals surface area contributed by atoms with Gasteiger partial charge in [-0.05, 0) is 25.7 Å². The predicted octanol–water partition coefficient (Wildman–Crippen LogP) is 2.30. The molecule has 0 spiro atoms. The van der Waals surface area contributed by atoms with E-state index in [1.54, 1.807) is 7.05 Å². The van der Waals surface area contributed by atoms with Gasteiger partial charge >= 0.3 is 0 Å². The average Bonchev–Trinajstić information content (AvgIpc) is 2.70. The van der Waals surface area contributed by atoms with Gasteiger partial charge in [-0.1, -0.05) is 39.0 Å². The summed E-state index contributed by atoms with van der Waals surface area (Å²) in [4.78, 5) is 18.7. The highest BCUT2D eigenvalue weighted by Gasteiger charge is 2.48. The molecule has 2 atom stereocenters. The molecule has 1 unspecified atom stereocenters. The fourth-order valence-electron chi connectivity index (χ4n) is 3.31. The van der Waals surface area contributed by atoms with E-state index >= 15 is 0 Å². The lowest BCUT2D eigenvalue weighted by Crippen LogP contribution is -2.47. The van der Waals surface area contributed by atoms with Crippen molar-refractivity contribution in [3.8, 4) is 0 Å². The van der Waals surface area contributed by atoms with Crippen LogP contribution in [-0.4, -0.2) is 42.1 Å². The highest BCUT2D eigenvalue weighted by Crippen LogP contribution is 2.36. The van der Waals surface area contributed by atoms with E-state index in [0.29, 0.717) is 18.5 Å². The SMILES string of the molecule is CC[C@H](C)OCC1(CC2CCCCC2)N=C(N)N(C)C1=O. The second-order valence-electron chi connectivity index (χ2n) is 6.60. The largest absolute Gasteiger partial charge is 0.375 e. The summed E-state index contributed by atoms with van der Waals surface area (Å²) in [7, 11) is 1.70. The quantitative estimate of drug-likeness (QED) is 0.817. The third-order valence-electron chi connectivity index (χ3n) is 4.91. The van der Waals surface area contributed by atoms with E-state index in [1.807, 2.05) is 6.92 Å². The summed E-state index contributed by atoms with van der Waals surface area (Å²) in [6, 6.07) is 0. The Morgan fingerprint density at radius 1 is 1.43 bits per heavy atom. The predicted molar refractivity (Wildman–Crippen MR) is 84.0 cm³/mol. The number of likely N-dealkylation sites (N-methyl/N-ethyl adjacent to an activating group) is 1. The van der Waals surface area contributed by atoms with Crippen LogP contribution in [0.2, 0.25) is 0 Å². The van der Waals surface area contributed by atoms with E-state index in [9.17, 15) is 4.79 Å². The maximum absolute atomic E-state index is 12.7. The molecule has 0 aromatic rings. The van der Waals surface area contributed by atoms with Gasteiger partial charge in [0.2, 0.25) is 0 Å². The zero-order valence-electron chi connectivity index (χ0n) is 13.6. The number of ether oxygens (including phenoxy) is 1. The molecule has 0 aromatic carbocycles. The molecule has 1 fully saturated rings. The van der Waals surface area contributed by atoms with Crippen LogP contribution in [0.1, 0.15) is 58.8 Å². The molecule has 0 saturated heterocycles. The molecule has 5 nitrogen and oxygen atoms in total. The molecule has 1 aliphatic heterocycles. The van der Waals surface area contributed by atoms with Crippen LogP contribution in [0.3, 0.4) is 0 Å². The normalized spacial score (nSPS) is 28.8. The number of nitrogens with two attached hydrogens (primary N) is 1. The Hall–Kier alpha value is -1.10. The van der Waals surface area contributed by atoms with Gasteiger partial charge in [-0.15, -0.1) is 0 Å². The van der Waals surface area contributed by atoms with Gasteiger partial charge in [-0.3, -0.25) is 9.69 Å². The summed E-state index contributed by atoms with van der Waals surface area (Å²) in [5.41, 5.74) is 5.10. The topological polar surface area (TPSA) is 67.9 Å². The number of carbonyl (C=O) groups is 1. The lowest BCUT2D eigenvalue weighted by atomic mass is 9.79. The first-order chi connectivity index (χ1) is 9.98. The number of hydrogen-bond acceptors (Lipinski definition) is 4. The van der Waals surface area contributed by atoms with Gasteiger partial charge in [-0.25, -0.2) is 4.99 Å². The van der Waals surface area contributed by atoms with E-state index in [0.717, 1.165) is 12.8 Å². The number of rotatable bonds is 6. The summed E-state index contributed by atoms with van der Waals surface area (Å²) in [5.74, 6) is 0.878. The molecule has 5 heteroatoms. The molecule has 1 heterocycles. The van der Waals surface area contributed by atoms with Gasteiger partial charge in [0.15, 0.2) is 11.5 Å². The third-order valence-corrected chi connectivity index (χ3v) is 4.91.